The Hall–Kier alpha value is -1.53. The van der Waals surface area contributed by atoms with Gasteiger partial charge in [0.25, 0.3) is 0 Å². The third-order valence-corrected chi connectivity index (χ3v) is 3.10. The predicted octanol–water partition coefficient (Wildman–Crippen LogP) is 2.19. The van der Waals surface area contributed by atoms with Crippen LogP contribution in [0, 0.1) is 11.3 Å². The normalized spacial score (nSPS) is 18.6. The molecule has 1 N–H and O–H groups in total. The van der Waals surface area contributed by atoms with Gasteiger partial charge in [-0.2, -0.15) is 5.26 Å². The summed E-state index contributed by atoms with van der Waals surface area (Å²) in [5.41, 5.74) is 2.59. The number of rotatable bonds is 3. The van der Waals surface area contributed by atoms with Gasteiger partial charge in [-0.1, -0.05) is 12.1 Å². The average Bonchev–Trinajstić information content (AvgIpc) is 2.35. The minimum Gasteiger partial charge on any atom is -0.478 e. The fourth-order valence-corrected chi connectivity index (χ4v) is 2.36. The lowest BCUT2D eigenvalue weighted by molar-refractivity contribution is 0.358. The van der Waals surface area contributed by atoms with Gasteiger partial charge in [0.2, 0.25) is 0 Å². The summed E-state index contributed by atoms with van der Waals surface area (Å²) in [6, 6.07) is 8.54. The van der Waals surface area contributed by atoms with Gasteiger partial charge in [-0.3, -0.25) is 0 Å². The van der Waals surface area contributed by atoms with Crippen LogP contribution in [0.25, 0.3) is 0 Å². The summed E-state index contributed by atoms with van der Waals surface area (Å²) in [5.74, 6) is 0.874. The van der Waals surface area contributed by atoms with Crippen molar-refractivity contribution in [3.63, 3.8) is 0 Å². The first-order valence-electron chi connectivity index (χ1n) is 5.65. The molecule has 0 heterocycles. The van der Waals surface area contributed by atoms with Crippen LogP contribution in [0.4, 0.5) is 0 Å². The molecule has 0 aromatic heterocycles. The summed E-state index contributed by atoms with van der Waals surface area (Å²) in [7, 11) is 1.99. The zero-order valence-corrected chi connectivity index (χ0v) is 9.49. The molecule has 0 aliphatic heterocycles. The molecule has 1 aromatic carbocycles. The SMILES string of the molecule is CNC1CCCc2c(OCC#N)cccc21. The fraction of sp³-hybridized carbons (Fsp3) is 0.462. The summed E-state index contributed by atoms with van der Waals surface area (Å²) in [4.78, 5) is 0. The van der Waals surface area contributed by atoms with Crippen LogP contribution in [-0.2, 0) is 6.42 Å². The number of hydrogen-bond donors (Lipinski definition) is 1. The smallest absolute Gasteiger partial charge is 0.174 e. The molecular formula is C13H16N2O. The lowest BCUT2D eigenvalue weighted by Gasteiger charge is -2.26. The van der Waals surface area contributed by atoms with Crippen LogP contribution >= 0.6 is 0 Å². The van der Waals surface area contributed by atoms with Crippen LogP contribution in [0.15, 0.2) is 18.2 Å². The molecule has 0 spiro atoms. The summed E-state index contributed by atoms with van der Waals surface area (Å²) in [6.07, 6.45) is 3.39. The molecule has 3 heteroatoms. The Morgan fingerprint density at radius 2 is 2.44 bits per heavy atom. The molecule has 1 aliphatic rings. The number of hydrogen-bond acceptors (Lipinski definition) is 3. The largest absolute Gasteiger partial charge is 0.478 e. The average molecular weight is 216 g/mol. The lowest BCUT2D eigenvalue weighted by Crippen LogP contribution is -2.22. The number of nitrogens with zero attached hydrogens (tertiary/aromatic N) is 1. The van der Waals surface area contributed by atoms with E-state index in [4.69, 9.17) is 10.00 Å². The van der Waals surface area contributed by atoms with E-state index in [1.165, 1.54) is 24.0 Å². The maximum Gasteiger partial charge on any atom is 0.174 e. The van der Waals surface area contributed by atoms with Gasteiger partial charge in [0.15, 0.2) is 6.61 Å². The molecule has 0 fully saturated rings. The molecule has 1 aliphatic carbocycles. The van der Waals surface area contributed by atoms with Gasteiger partial charge in [-0.25, -0.2) is 0 Å². The Bertz CT molecular complexity index is 409. The molecule has 0 radical (unpaired) electrons. The van der Waals surface area contributed by atoms with Crippen molar-refractivity contribution >= 4 is 0 Å². The first-order chi connectivity index (χ1) is 7.86. The van der Waals surface area contributed by atoms with Crippen molar-refractivity contribution in [1.29, 1.82) is 5.26 Å². The van der Waals surface area contributed by atoms with Crippen LogP contribution < -0.4 is 10.1 Å². The van der Waals surface area contributed by atoms with Crippen molar-refractivity contribution in [1.82, 2.24) is 5.32 Å². The van der Waals surface area contributed by atoms with Gasteiger partial charge in [0.05, 0.1) is 0 Å². The first-order valence-corrected chi connectivity index (χ1v) is 5.65. The Balaban J connectivity index is 2.31. The molecule has 2 rings (SSSR count). The highest BCUT2D eigenvalue weighted by molar-refractivity contribution is 5.43. The number of fused-ring (bicyclic) bond motifs is 1. The highest BCUT2D eigenvalue weighted by Crippen LogP contribution is 2.34. The third-order valence-electron chi connectivity index (χ3n) is 3.10. The Morgan fingerprint density at radius 1 is 1.56 bits per heavy atom. The highest BCUT2D eigenvalue weighted by Gasteiger charge is 2.21. The van der Waals surface area contributed by atoms with E-state index in [1.54, 1.807) is 0 Å². The zero-order chi connectivity index (χ0) is 11.4. The molecule has 1 atom stereocenters. The summed E-state index contributed by atoms with van der Waals surface area (Å²) in [5, 5.41) is 11.9. The summed E-state index contributed by atoms with van der Waals surface area (Å²) < 4.78 is 5.46. The van der Waals surface area contributed by atoms with Crippen LogP contribution in [0.2, 0.25) is 0 Å². The molecule has 16 heavy (non-hydrogen) atoms. The molecular weight excluding hydrogens is 200 g/mol. The minimum atomic E-state index is 0.126. The molecule has 3 nitrogen and oxygen atoms in total. The van der Waals surface area contributed by atoms with Crippen LogP contribution in [-0.4, -0.2) is 13.7 Å². The summed E-state index contributed by atoms with van der Waals surface area (Å²) >= 11 is 0. The van der Waals surface area contributed by atoms with Gasteiger partial charge in [0, 0.05) is 6.04 Å². The molecule has 1 unspecified atom stereocenters. The van der Waals surface area contributed by atoms with Gasteiger partial charge in [-0.15, -0.1) is 0 Å². The Morgan fingerprint density at radius 3 is 3.19 bits per heavy atom. The molecule has 0 bridgehead atoms. The molecule has 0 amide bonds. The van der Waals surface area contributed by atoms with Gasteiger partial charge in [-0.05, 0) is 43.5 Å². The number of ether oxygens (including phenoxy) is 1. The van der Waals surface area contributed by atoms with Crippen molar-refractivity contribution in [3.8, 4) is 11.8 Å². The predicted molar refractivity (Wildman–Crippen MR) is 62.3 cm³/mol. The Kier molecular flexibility index (Phi) is 3.43. The van der Waals surface area contributed by atoms with Gasteiger partial charge in [0.1, 0.15) is 11.8 Å². The van der Waals surface area contributed by atoms with E-state index >= 15 is 0 Å². The third kappa shape index (κ3) is 2.02. The van der Waals surface area contributed by atoms with Crippen molar-refractivity contribution in [3.05, 3.63) is 29.3 Å². The van der Waals surface area contributed by atoms with E-state index in [0.29, 0.717) is 6.04 Å². The molecule has 1 aromatic rings. The van der Waals surface area contributed by atoms with Crippen molar-refractivity contribution in [2.45, 2.75) is 25.3 Å². The van der Waals surface area contributed by atoms with E-state index in [9.17, 15) is 0 Å². The highest BCUT2D eigenvalue weighted by atomic mass is 16.5. The second-order valence-corrected chi connectivity index (χ2v) is 4.00. The quantitative estimate of drug-likeness (QED) is 0.842. The maximum atomic E-state index is 8.54. The standard InChI is InChI=1S/C13H16N2O/c1-15-12-6-2-5-11-10(12)4-3-7-13(11)16-9-8-14/h3-4,7,12,15H,2,5-6,9H2,1H3. The second kappa shape index (κ2) is 5.00. The number of benzene rings is 1. The fourth-order valence-electron chi connectivity index (χ4n) is 2.36. The van der Waals surface area contributed by atoms with Crippen LogP contribution in [0.3, 0.4) is 0 Å². The second-order valence-electron chi connectivity index (χ2n) is 4.00. The number of nitriles is 1. The lowest BCUT2D eigenvalue weighted by atomic mass is 9.87. The van der Waals surface area contributed by atoms with E-state index in [-0.39, 0.29) is 6.61 Å². The van der Waals surface area contributed by atoms with Gasteiger partial charge >= 0.3 is 0 Å². The van der Waals surface area contributed by atoms with E-state index < -0.39 is 0 Å². The molecule has 0 saturated heterocycles. The van der Waals surface area contributed by atoms with Crippen LogP contribution in [0.1, 0.15) is 30.0 Å². The molecule has 0 saturated carbocycles. The van der Waals surface area contributed by atoms with E-state index in [2.05, 4.69) is 11.4 Å². The van der Waals surface area contributed by atoms with E-state index in [0.717, 1.165) is 12.2 Å². The Labute approximate surface area is 96.0 Å². The van der Waals surface area contributed by atoms with E-state index in [1.807, 2.05) is 25.2 Å². The van der Waals surface area contributed by atoms with Crippen molar-refractivity contribution in [2.75, 3.05) is 13.7 Å². The zero-order valence-electron chi connectivity index (χ0n) is 9.49. The topological polar surface area (TPSA) is 45.0 Å². The van der Waals surface area contributed by atoms with Crippen molar-refractivity contribution in [2.24, 2.45) is 0 Å². The number of nitrogens with one attached hydrogen (secondary N) is 1. The summed E-state index contributed by atoms with van der Waals surface area (Å²) in [6.45, 7) is 0.126. The monoisotopic (exact) mass is 216 g/mol. The van der Waals surface area contributed by atoms with Gasteiger partial charge < -0.3 is 10.1 Å². The maximum absolute atomic E-state index is 8.54. The minimum absolute atomic E-state index is 0.126. The van der Waals surface area contributed by atoms with Crippen LogP contribution in [0.5, 0.6) is 5.75 Å². The first kappa shape index (κ1) is 11.0. The molecule has 84 valence electrons. The van der Waals surface area contributed by atoms with Crippen molar-refractivity contribution < 1.29 is 4.74 Å².